The third-order valence-corrected chi connectivity index (χ3v) is 1.95. The van der Waals surface area contributed by atoms with Crippen LogP contribution in [0.4, 0.5) is 0 Å². The number of benzene rings is 1. The molecule has 0 fully saturated rings. The predicted molar refractivity (Wildman–Crippen MR) is 56.2 cm³/mol. The summed E-state index contributed by atoms with van der Waals surface area (Å²) in [5.74, 6) is -0.366. The van der Waals surface area contributed by atoms with Crippen LogP contribution in [0.25, 0.3) is 0 Å². The number of Topliss-reactive ketones (excluding diaryl/α,β-unsaturated/α-hetero) is 1. The summed E-state index contributed by atoms with van der Waals surface area (Å²) in [5, 5.41) is 0. The molecule has 0 saturated heterocycles. The first kappa shape index (κ1) is 11.4. The van der Waals surface area contributed by atoms with Gasteiger partial charge in [-0.25, -0.2) is 0 Å². The Morgan fingerprint density at radius 3 is 2.27 bits per heavy atom. The van der Waals surface area contributed by atoms with Gasteiger partial charge >= 0.3 is 5.97 Å². The Kier molecular flexibility index (Phi) is 4.03. The number of hydrogen-bond donors (Lipinski definition) is 0. The fraction of sp³-hybridized carbons (Fsp3) is 0.333. The number of ether oxygens (including phenoxy) is 1. The van der Waals surface area contributed by atoms with Crippen molar-refractivity contribution >= 4 is 11.8 Å². The van der Waals surface area contributed by atoms with Crippen molar-refractivity contribution in [2.75, 3.05) is 0 Å². The van der Waals surface area contributed by atoms with Gasteiger partial charge in [0.15, 0.2) is 0 Å². The van der Waals surface area contributed by atoms with Crippen molar-refractivity contribution in [2.45, 2.75) is 26.4 Å². The number of ketones is 1. The molecule has 3 heteroatoms. The van der Waals surface area contributed by atoms with Crippen molar-refractivity contribution < 1.29 is 14.3 Å². The maximum atomic E-state index is 11.0. The monoisotopic (exact) mass is 206 g/mol. The van der Waals surface area contributed by atoms with Crippen LogP contribution in [0, 0.1) is 0 Å². The summed E-state index contributed by atoms with van der Waals surface area (Å²) in [7, 11) is 0. The van der Waals surface area contributed by atoms with Gasteiger partial charge < -0.3 is 4.74 Å². The zero-order valence-electron chi connectivity index (χ0n) is 8.90. The lowest BCUT2D eigenvalue weighted by Crippen LogP contribution is -2.11. The van der Waals surface area contributed by atoms with Crippen molar-refractivity contribution in [2.24, 2.45) is 0 Å². The topological polar surface area (TPSA) is 43.4 Å². The van der Waals surface area contributed by atoms with Crippen molar-refractivity contribution in [3.8, 4) is 0 Å². The van der Waals surface area contributed by atoms with E-state index in [0.29, 0.717) is 0 Å². The van der Waals surface area contributed by atoms with Gasteiger partial charge in [0.05, 0.1) is 0 Å². The third kappa shape index (κ3) is 3.94. The Balaban J connectivity index is 2.81. The molecule has 1 rings (SSSR count). The molecule has 0 spiro atoms. The van der Waals surface area contributed by atoms with E-state index in [2.05, 4.69) is 0 Å². The average Bonchev–Trinajstić information content (AvgIpc) is 2.17. The minimum atomic E-state index is -0.457. The Bertz CT molecular complexity index is 327. The molecule has 3 nitrogen and oxygen atoms in total. The lowest BCUT2D eigenvalue weighted by molar-refractivity contribution is -0.147. The van der Waals surface area contributed by atoms with Crippen molar-refractivity contribution in [1.29, 1.82) is 0 Å². The summed E-state index contributed by atoms with van der Waals surface area (Å²) in [6, 6.07) is 9.27. The largest absolute Gasteiger partial charge is 0.457 e. The molecule has 0 radical (unpaired) electrons. The molecule has 0 aliphatic rings. The van der Waals surface area contributed by atoms with Crippen LogP contribution < -0.4 is 0 Å². The average molecular weight is 206 g/mol. The van der Waals surface area contributed by atoms with E-state index < -0.39 is 6.10 Å². The fourth-order valence-corrected chi connectivity index (χ4v) is 1.36. The van der Waals surface area contributed by atoms with Crippen LogP contribution in [-0.2, 0) is 14.3 Å². The summed E-state index contributed by atoms with van der Waals surface area (Å²) >= 11 is 0. The van der Waals surface area contributed by atoms with Gasteiger partial charge in [-0.3, -0.25) is 9.59 Å². The first-order valence-electron chi connectivity index (χ1n) is 4.81. The molecule has 0 aliphatic heterocycles. The van der Waals surface area contributed by atoms with Gasteiger partial charge in [0.1, 0.15) is 11.9 Å². The van der Waals surface area contributed by atoms with Gasteiger partial charge in [-0.1, -0.05) is 30.3 Å². The minimum Gasteiger partial charge on any atom is -0.457 e. The summed E-state index contributed by atoms with van der Waals surface area (Å²) in [6.07, 6.45) is -0.231. The summed E-state index contributed by atoms with van der Waals surface area (Å²) in [4.78, 5) is 21.9. The van der Waals surface area contributed by atoms with Gasteiger partial charge in [-0.15, -0.1) is 0 Å². The fourth-order valence-electron chi connectivity index (χ4n) is 1.36. The summed E-state index contributed by atoms with van der Waals surface area (Å²) in [6.45, 7) is 2.83. The second-order valence-electron chi connectivity index (χ2n) is 3.41. The van der Waals surface area contributed by atoms with Crippen LogP contribution >= 0.6 is 0 Å². The molecule has 0 aromatic heterocycles. The third-order valence-electron chi connectivity index (χ3n) is 1.95. The summed E-state index contributed by atoms with van der Waals surface area (Å²) < 4.78 is 5.09. The molecule has 0 heterocycles. The number of carbonyl (C=O) groups is 2. The van der Waals surface area contributed by atoms with Crippen LogP contribution in [0.15, 0.2) is 30.3 Å². The van der Waals surface area contributed by atoms with E-state index in [-0.39, 0.29) is 18.2 Å². The highest BCUT2D eigenvalue weighted by atomic mass is 16.5. The normalized spacial score (nSPS) is 11.9. The first-order valence-corrected chi connectivity index (χ1v) is 4.81. The Hall–Kier alpha value is -1.64. The molecular formula is C12H14O3. The molecular weight excluding hydrogens is 192 g/mol. The molecule has 0 amide bonds. The van der Waals surface area contributed by atoms with Crippen LogP contribution in [0.3, 0.4) is 0 Å². The zero-order valence-corrected chi connectivity index (χ0v) is 8.90. The maximum absolute atomic E-state index is 11.0. The SMILES string of the molecule is CC(=O)C[C@@H](OC(C)=O)c1ccccc1. The highest BCUT2D eigenvalue weighted by Gasteiger charge is 2.16. The Morgan fingerprint density at radius 1 is 1.20 bits per heavy atom. The Morgan fingerprint density at radius 2 is 1.80 bits per heavy atom. The van der Waals surface area contributed by atoms with E-state index in [0.717, 1.165) is 5.56 Å². The molecule has 0 unspecified atom stereocenters. The van der Waals surface area contributed by atoms with Crippen LogP contribution in [-0.4, -0.2) is 11.8 Å². The van der Waals surface area contributed by atoms with E-state index in [1.54, 1.807) is 0 Å². The van der Waals surface area contributed by atoms with E-state index in [9.17, 15) is 9.59 Å². The number of hydrogen-bond acceptors (Lipinski definition) is 3. The molecule has 1 aromatic rings. The minimum absolute atomic E-state index is 0.00473. The molecule has 0 saturated carbocycles. The quantitative estimate of drug-likeness (QED) is 0.710. The van der Waals surface area contributed by atoms with Gasteiger partial charge in [-0.2, -0.15) is 0 Å². The van der Waals surface area contributed by atoms with Gasteiger partial charge in [0, 0.05) is 13.3 Å². The molecule has 1 aromatic carbocycles. The van der Waals surface area contributed by atoms with Crippen molar-refractivity contribution in [3.63, 3.8) is 0 Å². The maximum Gasteiger partial charge on any atom is 0.303 e. The van der Waals surface area contributed by atoms with Crippen molar-refractivity contribution in [3.05, 3.63) is 35.9 Å². The number of esters is 1. The number of carbonyl (C=O) groups excluding carboxylic acids is 2. The van der Waals surface area contributed by atoms with Gasteiger partial charge in [0.25, 0.3) is 0 Å². The second-order valence-corrected chi connectivity index (χ2v) is 3.41. The Labute approximate surface area is 89.1 Å². The smallest absolute Gasteiger partial charge is 0.303 e. The second kappa shape index (κ2) is 5.29. The molecule has 0 N–H and O–H groups in total. The molecule has 80 valence electrons. The molecule has 0 bridgehead atoms. The summed E-state index contributed by atoms with van der Waals surface area (Å²) in [5.41, 5.74) is 0.850. The van der Waals surface area contributed by atoms with Gasteiger partial charge in [0.2, 0.25) is 0 Å². The standard InChI is InChI=1S/C12H14O3/c1-9(13)8-12(15-10(2)14)11-6-4-3-5-7-11/h3-7,12H,8H2,1-2H3/t12-/m1/s1. The van der Waals surface area contributed by atoms with Crippen LogP contribution in [0.2, 0.25) is 0 Å². The molecule has 1 atom stereocenters. The van der Waals surface area contributed by atoms with E-state index >= 15 is 0 Å². The predicted octanol–water partition coefficient (Wildman–Crippen LogP) is 2.27. The first-order chi connectivity index (χ1) is 7.09. The molecule has 15 heavy (non-hydrogen) atoms. The van der Waals surface area contributed by atoms with Crippen LogP contribution in [0.1, 0.15) is 31.9 Å². The van der Waals surface area contributed by atoms with Gasteiger partial charge in [-0.05, 0) is 12.5 Å². The lowest BCUT2D eigenvalue weighted by Gasteiger charge is -2.15. The van der Waals surface area contributed by atoms with Crippen molar-refractivity contribution in [1.82, 2.24) is 0 Å². The van der Waals surface area contributed by atoms with E-state index in [4.69, 9.17) is 4.74 Å². The van der Waals surface area contributed by atoms with Crippen LogP contribution in [0.5, 0.6) is 0 Å². The highest BCUT2D eigenvalue weighted by Crippen LogP contribution is 2.21. The number of rotatable bonds is 4. The van der Waals surface area contributed by atoms with E-state index in [1.807, 2.05) is 30.3 Å². The highest BCUT2D eigenvalue weighted by molar-refractivity contribution is 5.76. The molecule has 0 aliphatic carbocycles. The zero-order chi connectivity index (χ0) is 11.3. The van der Waals surface area contributed by atoms with E-state index in [1.165, 1.54) is 13.8 Å². The lowest BCUT2D eigenvalue weighted by atomic mass is 10.0.